The highest BCUT2D eigenvalue weighted by atomic mass is 32.1. The predicted octanol–water partition coefficient (Wildman–Crippen LogP) is 2.64. The number of carboxylic acid groups (broad SMARTS) is 1. The minimum atomic E-state index is -0.759. The molecule has 3 rings (SSSR count). The summed E-state index contributed by atoms with van der Waals surface area (Å²) in [6.45, 7) is 3.17. The number of thiazole rings is 1. The van der Waals surface area contributed by atoms with Crippen LogP contribution in [0.5, 0.6) is 0 Å². The van der Waals surface area contributed by atoms with Crippen LogP contribution in [-0.4, -0.2) is 22.6 Å². The summed E-state index contributed by atoms with van der Waals surface area (Å²) in [6.07, 6.45) is 0. The third kappa shape index (κ3) is 2.21. The van der Waals surface area contributed by atoms with E-state index in [0.29, 0.717) is 13.1 Å². The molecule has 1 N–H and O–H groups in total. The number of aliphatic carboxylic acids is 1. The minimum absolute atomic E-state index is 0.433. The van der Waals surface area contributed by atoms with E-state index in [1.165, 1.54) is 0 Å². The summed E-state index contributed by atoms with van der Waals surface area (Å²) in [6, 6.07) is 7.73. The van der Waals surface area contributed by atoms with Crippen molar-refractivity contribution in [1.29, 1.82) is 0 Å². The van der Waals surface area contributed by atoms with Crippen LogP contribution in [0.15, 0.2) is 29.6 Å². The molecule has 1 aromatic carbocycles. The van der Waals surface area contributed by atoms with E-state index in [9.17, 15) is 9.90 Å². The van der Waals surface area contributed by atoms with Gasteiger partial charge in [-0.25, -0.2) is 4.98 Å². The fourth-order valence-corrected chi connectivity index (χ4v) is 3.27. The highest BCUT2D eigenvalue weighted by molar-refractivity contribution is 7.09. The van der Waals surface area contributed by atoms with E-state index in [1.54, 1.807) is 11.3 Å². The van der Waals surface area contributed by atoms with Crippen LogP contribution in [0.1, 0.15) is 22.2 Å². The number of carboxylic acids is 1. The molecule has 2 aromatic rings. The Kier molecular flexibility index (Phi) is 2.98. The number of carbonyl (C=O) groups is 1. The van der Waals surface area contributed by atoms with Crippen molar-refractivity contribution in [1.82, 2.24) is 4.98 Å². The first-order valence-corrected chi connectivity index (χ1v) is 7.01. The molecule has 0 fully saturated rings. The summed E-state index contributed by atoms with van der Waals surface area (Å²) >= 11 is 1.62. The van der Waals surface area contributed by atoms with Crippen LogP contribution >= 0.6 is 11.3 Å². The van der Waals surface area contributed by atoms with E-state index in [-0.39, 0.29) is 0 Å². The highest BCUT2D eigenvalue weighted by Gasteiger charge is 2.33. The van der Waals surface area contributed by atoms with Crippen molar-refractivity contribution in [2.45, 2.75) is 19.4 Å². The van der Waals surface area contributed by atoms with Crippen molar-refractivity contribution < 1.29 is 9.90 Å². The molecule has 0 aliphatic carbocycles. The number of rotatable bonds is 3. The Hall–Kier alpha value is -1.88. The maximum atomic E-state index is 11.3. The van der Waals surface area contributed by atoms with Gasteiger partial charge in [0.2, 0.25) is 0 Å². The number of hydrogen-bond donors (Lipinski definition) is 1. The first kappa shape index (κ1) is 12.2. The van der Waals surface area contributed by atoms with Gasteiger partial charge in [0.1, 0.15) is 10.9 Å². The molecule has 1 aromatic heterocycles. The Morgan fingerprint density at radius 2 is 2.32 bits per heavy atom. The van der Waals surface area contributed by atoms with E-state index in [0.717, 1.165) is 22.0 Å². The van der Waals surface area contributed by atoms with Crippen LogP contribution in [-0.2, 0) is 11.3 Å². The van der Waals surface area contributed by atoms with E-state index in [4.69, 9.17) is 0 Å². The molecule has 2 heterocycles. The van der Waals surface area contributed by atoms with Gasteiger partial charge in [-0.05, 0) is 18.6 Å². The van der Waals surface area contributed by atoms with Gasteiger partial charge < -0.3 is 10.0 Å². The molecule has 1 unspecified atom stereocenters. The number of aromatic nitrogens is 1. The van der Waals surface area contributed by atoms with Gasteiger partial charge in [-0.15, -0.1) is 11.3 Å². The smallest absolute Gasteiger partial charge is 0.312 e. The molecule has 0 saturated heterocycles. The summed E-state index contributed by atoms with van der Waals surface area (Å²) in [5.41, 5.74) is 2.94. The molecular weight excluding hydrogens is 260 g/mol. The van der Waals surface area contributed by atoms with Crippen LogP contribution in [0.2, 0.25) is 0 Å². The van der Waals surface area contributed by atoms with Crippen molar-refractivity contribution >= 4 is 23.0 Å². The van der Waals surface area contributed by atoms with E-state index < -0.39 is 11.9 Å². The third-order valence-electron chi connectivity index (χ3n) is 3.35. The molecule has 0 spiro atoms. The molecule has 4 nitrogen and oxygen atoms in total. The first-order valence-electron chi connectivity index (χ1n) is 6.13. The Balaban J connectivity index is 1.90. The Bertz CT molecular complexity index is 623. The number of fused-ring (bicyclic) bond motifs is 1. The number of para-hydroxylation sites is 1. The summed E-state index contributed by atoms with van der Waals surface area (Å²) in [5, 5.41) is 12.4. The molecule has 5 heteroatoms. The van der Waals surface area contributed by atoms with E-state index in [2.05, 4.69) is 9.88 Å². The summed E-state index contributed by atoms with van der Waals surface area (Å²) in [7, 11) is 0. The molecule has 98 valence electrons. The maximum Gasteiger partial charge on any atom is 0.312 e. The number of aryl methyl sites for hydroxylation is 1. The van der Waals surface area contributed by atoms with Gasteiger partial charge in [-0.3, -0.25) is 4.79 Å². The van der Waals surface area contributed by atoms with Gasteiger partial charge >= 0.3 is 5.97 Å². The van der Waals surface area contributed by atoms with Gasteiger partial charge in [-0.1, -0.05) is 18.2 Å². The zero-order valence-corrected chi connectivity index (χ0v) is 11.4. The van der Waals surface area contributed by atoms with Gasteiger partial charge in [0.25, 0.3) is 0 Å². The summed E-state index contributed by atoms with van der Waals surface area (Å²) in [4.78, 5) is 17.9. The van der Waals surface area contributed by atoms with Gasteiger partial charge in [0.15, 0.2) is 0 Å². The average Bonchev–Trinajstić information content (AvgIpc) is 2.95. The van der Waals surface area contributed by atoms with Crippen LogP contribution in [0.4, 0.5) is 5.69 Å². The molecule has 0 amide bonds. The van der Waals surface area contributed by atoms with Crippen LogP contribution in [0.3, 0.4) is 0 Å². The predicted molar refractivity (Wildman–Crippen MR) is 74.7 cm³/mol. The summed E-state index contributed by atoms with van der Waals surface area (Å²) in [5.74, 6) is -1.19. The number of hydrogen-bond acceptors (Lipinski definition) is 4. The summed E-state index contributed by atoms with van der Waals surface area (Å²) < 4.78 is 0. The zero-order valence-electron chi connectivity index (χ0n) is 10.5. The monoisotopic (exact) mass is 274 g/mol. The largest absolute Gasteiger partial charge is 0.481 e. The van der Waals surface area contributed by atoms with Crippen molar-refractivity contribution in [3.8, 4) is 0 Å². The molecule has 1 atom stereocenters. The van der Waals surface area contributed by atoms with Crippen molar-refractivity contribution in [2.75, 3.05) is 11.4 Å². The lowest BCUT2D eigenvalue weighted by atomic mass is 10.0. The molecular formula is C14H14N2O2S. The first-order chi connectivity index (χ1) is 9.15. The number of nitrogens with zero attached hydrogens (tertiary/aromatic N) is 2. The lowest BCUT2D eigenvalue weighted by Crippen LogP contribution is -2.24. The second-order valence-electron chi connectivity index (χ2n) is 4.71. The Morgan fingerprint density at radius 1 is 1.53 bits per heavy atom. The minimum Gasteiger partial charge on any atom is -0.481 e. The SMILES string of the molecule is Cc1csc(CN2CC(C(=O)O)c3ccccc32)n1. The zero-order chi connectivity index (χ0) is 13.4. The van der Waals surface area contributed by atoms with E-state index in [1.807, 2.05) is 36.6 Å². The molecule has 0 radical (unpaired) electrons. The molecule has 1 aliphatic heterocycles. The van der Waals surface area contributed by atoms with E-state index >= 15 is 0 Å². The molecule has 1 aliphatic rings. The second-order valence-corrected chi connectivity index (χ2v) is 5.66. The molecule has 19 heavy (non-hydrogen) atoms. The highest BCUT2D eigenvalue weighted by Crippen LogP contribution is 2.37. The quantitative estimate of drug-likeness (QED) is 0.935. The number of benzene rings is 1. The van der Waals surface area contributed by atoms with Gasteiger partial charge in [0.05, 0.1) is 6.54 Å². The van der Waals surface area contributed by atoms with Gasteiger partial charge in [0, 0.05) is 23.3 Å². The fourth-order valence-electron chi connectivity index (χ4n) is 2.49. The fraction of sp³-hybridized carbons (Fsp3) is 0.286. The average molecular weight is 274 g/mol. The topological polar surface area (TPSA) is 53.4 Å². The standard InChI is InChI=1S/C14H14N2O2S/c1-9-8-19-13(15-9)7-16-6-11(14(17)18)10-4-2-3-5-12(10)16/h2-5,8,11H,6-7H2,1H3,(H,17,18). The Morgan fingerprint density at radius 3 is 3.00 bits per heavy atom. The van der Waals surface area contributed by atoms with Crippen molar-refractivity contribution in [2.24, 2.45) is 0 Å². The van der Waals surface area contributed by atoms with Crippen molar-refractivity contribution in [3.05, 3.63) is 45.9 Å². The van der Waals surface area contributed by atoms with Crippen LogP contribution < -0.4 is 4.90 Å². The number of anilines is 1. The lowest BCUT2D eigenvalue weighted by molar-refractivity contribution is -0.138. The maximum absolute atomic E-state index is 11.3. The third-order valence-corrected chi connectivity index (χ3v) is 4.30. The molecule has 0 bridgehead atoms. The van der Waals surface area contributed by atoms with Crippen LogP contribution in [0.25, 0.3) is 0 Å². The lowest BCUT2D eigenvalue weighted by Gasteiger charge is -2.17. The normalized spacial score (nSPS) is 17.5. The Labute approximate surface area is 115 Å². The second kappa shape index (κ2) is 4.66. The molecule has 0 saturated carbocycles. The van der Waals surface area contributed by atoms with Crippen LogP contribution in [0, 0.1) is 6.92 Å². The van der Waals surface area contributed by atoms with Crippen molar-refractivity contribution in [3.63, 3.8) is 0 Å². The van der Waals surface area contributed by atoms with Gasteiger partial charge in [-0.2, -0.15) is 0 Å².